The molecular formula is C33H38ClN5O4. The van der Waals surface area contributed by atoms with Crippen LogP contribution in [-0.2, 0) is 29.5 Å². The van der Waals surface area contributed by atoms with Crippen molar-refractivity contribution >= 4 is 34.7 Å². The van der Waals surface area contributed by atoms with Crippen molar-refractivity contribution < 1.29 is 14.3 Å². The zero-order chi connectivity index (χ0) is 30.3. The Balaban J connectivity index is 1.34. The molecule has 2 saturated heterocycles. The third kappa shape index (κ3) is 6.43. The molecule has 0 spiro atoms. The number of hydrogen-bond acceptors (Lipinski definition) is 6. The number of benzene rings is 2. The van der Waals surface area contributed by atoms with Gasteiger partial charge in [0.1, 0.15) is 17.2 Å². The number of aromatic nitrogens is 3. The number of halogens is 1. The van der Waals surface area contributed by atoms with Gasteiger partial charge in [-0.05, 0) is 56.9 Å². The van der Waals surface area contributed by atoms with E-state index in [0.29, 0.717) is 35.1 Å². The number of epoxide rings is 1. The molecule has 2 aliphatic heterocycles. The van der Waals surface area contributed by atoms with Crippen molar-refractivity contribution in [1.29, 1.82) is 0 Å². The predicted molar refractivity (Wildman–Crippen MR) is 168 cm³/mol. The molecule has 226 valence electrons. The van der Waals surface area contributed by atoms with E-state index in [1.165, 1.54) is 5.56 Å². The second kappa shape index (κ2) is 11.7. The van der Waals surface area contributed by atoms with Crippen LogP contribution in [0.1, 0.15) is 56.5 Å². The van der Waals surface area contributed by atoms with Crippen LogP contribution in [0.25, 0.3) is 11.0 Å². The molecule has 0 aliphatic carbocycles. The van der Waals surface area contributed by atoms with Gasteiger partial charge in [0.25, 0.3) is 5.56 Å². The number of anilines is 1. The van der Waals surface area contributed by atoms with Gasteiger partial charge in [-0.15, -0.1) is 0 Å². The molecule has 2 aromatic carbocycles. The van der Waals surface area contributed by atoms with Gasteiger partial charge in [-0.1, -0.05) is 60.1 Å². The minimum atomic E-state index is -0.579. The van der Waals surface area contributed by atoms with E-state index in [1.54, 1.807) is 11.6 Å². The summed E-state index contributed by atoms with van der Waals surface area (Å²) in [5, 5.41) is 3.65. The van der Waals surface area contributed by atoms with Crippen molar-refractivity contribution in [2.45, 2.75) is 70.4 Å². The molecule has 43 heavy (non-hydrogen) atoms. The molecule has 10 heteroatoms. The number of fused-ring (bicyclic) bond motifs is 1. The van der Waals surface area contributed by atoms with Crippen LogP contribution in [0.4, 0.5) is 10.7 Å². The first kappa shape index (κ1) is 29.3. The third-order valence-corrected chi connectivity index (χ3v) is 8.39. The molecule has 4 heterocycles. The molecule has 2 fully saturated rings. The monoisotopic (exact) mass is 603 g/mol. The second-order valence-electron chi connectivity index (χ2n) is 12.5. The smallest absolute Gasteiger partial charge is 0.407 e. The van der Waals surface area contributed by atoms with Crippen molar-refractivity contribution in [3.8, 4) is 0 Å². The maximum absolute atomic E-state index is 14.0. The maximum Gasteiger partial charge on any atom is 0.407 e. The summed E-state index contributed by atoms with van der Waals surface area (Å²) in [7, 11) is 1.80. The zero-order valence-corrected chi connectivity index (χ0v) is 25.8. The molecule has 6 rings (SSSR count). The lowest BCUT2D eigenvalue weighted by molar-refractivity contribution is 0.0499. The number of nitrogens with zero attached hydrogens (tertiary/aromatic N) is 4. The average molecular weight is 604 g/mol. The molecule has 1 N–H and O–H groups in total. The van der Waals surface area contributed by atoms with E-state index >= 15 is 0 Å². The van der Waals surface area contributed by atoms with Crippen LogP contribution in [0.3, 0.4) is 0 Å². The van der Waals surface area contributed by atoms with E-state index < -0.39 is 11.7 Å². The van der Waals surface area contributed by atoms with Gasteiger partial charge in [-0.2, -0.15) is 0 Å². The predicted octanol–water partition coefficient (Wildman–Crippen LogP) is 5.61. The van der Waals surface area contributed by atoms with Crippen molar-refractivity contribution in [3.05, 3.63) is 92.9 Å². The Morgan fingerprint density at radius 3 is 2.63 bits per heavy atom. The lowest BCUT2D eigenvalue weighted by Crippen LogP contribution is -2.49. The highest BCUT2D eigenvalue weighted by Crippen LogP contribution is 2.41. The molecule has 0 radical (unpaired) electrons. The first-order valence-corrected chi connectivity index (χ1v) is 15.2. The van der Waals surface area contributed by atoms with Crippen LogP contribution in [0.15, 0.2) is 65.5 Å². The van der Waals surface area contributed by atoms with Crippen LogP contribution < -0.4 is 15.8 Å². The number of piperidine rings is 1. The fraction of sp³-hybridized carbons (Fsp3) is 0.424. The number of alkyl carbamates (subject to hydrolysis) is 1. The number of ether oxygens (including phenoxy) is 2. The summed E-state index contributed by atoms with van der Waals surface area (Å²) in [6.07, 6.45) is 1.87. The van der Waals surface area contributed by atoms with E-state index in [-0.39, 0.29) is 23.8 Å². The molecule has 0 bridgehead atoms. The summed E-state index contributed by atoms with van der Waals surface area (Å²) in [6.45, 7) is 7.23. The van der Waals surface area contributed by atoms with E-state index in [2.05, 4.69) is 22.3 Å². The summed E-state index contributed by atoms with van der Waals surface area (Å²) < 4.78 is 15.2. The van der Waals surface area contributed by atoms with Gasteiger partial charge in [-0.3, -0.25) is 4.79 Å². The van der Waals surface area contributed by atoms with Crippen molar-refractivity contribution in [2.75, 3.05) is 18.0 Å². The number of pyridine rings is 1. The van der Waals surface area contributed by atoms with Gasteiger partial charge in [0.2, 0.25) is 5.95 Å². The van der Waals surface area contributed by atoms with Crippen LogP contribution >= 0.6 is 11.6 Å². The molecule has 2 aliphatic rings. The fourth-order valence-corrected chi connectivity index (χ4v) is 6.11. The number of carbonyl (C=O) groups is 1. The number of amides is 1. The first-order valence-electron chi connectivity index (χ1n) is 14.8. The molecule has 2 aromatic heterocycles. The largest absolute Gasteiger partial charge is 0.444 e. The average Bonchev–Trinajstić information content (AvgIpc) is 3.62. The Kier molecular flexibility index (Phi) is 7.96. The van der Waals surface area contributed by atoms with Crippen LogP contribution in [-0.4, -0.2) is 51.0 Å². The number of rotatable bonds is 7. The topological polar surface area (TPSA) is 93.9 Å². The summed E-state index contributed by atoms with van der Waals surface area (Å²) in [6, 6.07) is 19.7. The fourth-order valence-electron chi connectivity index (χ4n) is 5.91. The van der Waals surface area contributed by atoms with E-state index in [9.17, 15) is 9.59 Å². The third-order valence-electron chi connectivity index (χ3n) is 8.02. The highest BCUT2D eigenvalue weighted by Gasteiger charge is 2.42. The molecule has 0 saturated carbocycles. The van der Waals surface area contributed by atoms with Crippen LogP contribution in [0.5, 0.6) is 0 Å². The van der Waals surface area contributed by atoms with Gasteiger partial charge < -0.3 is 28.8 Å². The Morgan fingerprint density at radius 1 is 1.14 bits per heavy atom. The summed E-state index contributed by atoms with van der Waals surface area (Å²) in [5.41, 5.74) is 3.34. The summed E-state index contributed by atoms with van der Waals surface area (Å²) in [5.74, 6) is 0.678. The standard InChI is InChI=1S/C33H38ClN5O4/c1-33(2,3)43-32(41)35-23-14-10-16-38(20-23)31-36-25-18-26(29-27(42-29)17-21-11-6-5-7-12-21)37(4)30(40)28(25)39(31)19-22-13-8-9-15-24(22)34/h5-9,11-13,15,18,23,27,29H,10,14,16-17,19-20H2,1-4H3,(H,35,41)/t23-,27?,29?/m1/s1. The van der Waals surface area contributed by atoms with Gasteiger partial charge in [0, 0.05) is 37.6 Å². The quantitative estimate of drug-likeness (QED) is 0.276. The highest BCUT2D eigenvalue weighted by molar-refractivity contribution is 6.31. The lowest BCUT2D eigenvalue weighted by atomic mass is 10.1. The van der Waals surface area contributed by atoms with Gasteiger partial charge in [-0.25, -0.2) is 9.78 Å². The van der Waals surface area contributed by atoms with Crippen LogP contribution in [0, 0.1) is 0 Å². The maximum atomic E-state index is 14.0. The van der Waals surface area contributed by atoms with Gasteiger partial charge >= 0.3 is 6.09 Å². The highest BCUT2D eigenvalue weighted by atomic mass is 35.5. The number of nitrogens with one attached hydrogen (secondary N) is 1. The summed E-state index contributed by atoms with van der Waals surface area (Å²) >= 11 is 6.58. The zero-order valence-electron chi connectivity index (χ0n) is 25.0. The number of imidazole rings is 1. The van der Waals surface area contributed by atoms with E-state index in [4.69, 9.17) is 26.1 Å². The normalized spacial score (nSPS) is 20.3. The SMILES string of the molecule is Cn1c(C2OC2Cc2ccccc2)cc2nc(N3CCC[C@@H](NC(=O)OC(C)(C)C)C3)n(Cc3ccccc3Cl)c2c1=O. The Labute approximate surface area is 256 Å². The Hall–Kier alpha value is -3.82. The minimum absolute atomic E-state index is 0.0110. The van der Waals surface area contributed by atoms with E-state index in [0.717, 1.165) is 37.1 Å². The Bertz CT molecular complexity index is 1690. The van der Waals surface area contributed by atoms with Crippen molar-refractivity contribution in [3.63, 3.8) is 0 Å². The minimum Gasteiger partial charge on any atom is -0.444 e. The van der Waals surface area contributed by atoms with Crippen LogP contribution in [0.2, 0.25) is 5.02 Å². The van der Waals surface area contributed by atoms with Crippen molar-refractivity contribution in [1.82, 2.24) is 19.4 Å². The molecule has 1 amide bonds. The Morgan fingerprint density at radius 2 is 1.88 bits per heavy atom. The molecular weight excluding hydrogens is 566 g/mol. The van der Waals surface area contributed by atoms with E-state index in [1.807, 2.05) is 73.9 Å². The molecule has 9 nitrogen and oxygen atoms in total. The molecule has 2 unspecified atom stereocenters. The van der Waals surface area contributed by atoms with Crippen molar-refractivity contribution in [2.24, 2.45) is 7.05 Å². The molecule has 3 atom stereocenters. The number of hydrogen-bond donors (Lipinski definition) is 1. The summed E-state index contributed by atoms with van der Waals surface area (Å²) in [4.78, 5) is 33.7. The lowest BCUT2D eigenvalue weighted by Gasteiger charge is -2.34. The first-order chi connectivity index (χ1) is 20.6. The second-order valence-corrected chi connectivity index (χ2v) is 12.9. The van der Waals surface area contributed by atoms with Gasteiger partial charge in [0.05, 0.1) is 23.9 Å². The van der Waals surface area contributed by atoms with Gasteiger partial charge in [0.15, 0.2) is 0 Å². The molecule has 4 aromatic rings. The number of carbonyl (C=O) groups excluding carboxylic acids is 1.